The minimum Gasteiger partial charge on any atom is -0.337 e. The van der Waals surface area contributed by atoms with Crippen molar-refractivity contribution in [2.75, 3.05) is 5.84 Å². The van der Waals surface area contributed by atoms with E-state index in [0.717, 1.165) is 0 Å². The van der Waals surface area contributed by atoms with Crippen molar-refractivity contribution >= 4 is 40.9 Å². The lowest BCUT2D eigenvalue weighted by Crippen LogP contribution is -2.45. The summed E-state index contributed by atoms with van der Waals surface area (Å²) in [4.78, 5) is 14.6. The molecule has 0 aliphatic carbocycles. The smallest absolute Gasteiger partial charge is 0.236 e. The molecular weight excluding hydrogens is 393 g/mol. The van der Waals surface area contributed by atoms with Crippen LogP contribution in [-0.4, -0.2) is 43.0 Å². The number of nitrogen functional groups attached to an aromatic ring is 1. The second kappa shape index (κ2) is 8.50. The van der Waals surface area contributed by atoms with Crippen LogP contribution in [0.5, 0.6) is 0 Å². The number of hydrogen-bond donors (Lipinski definition) is 1. The van der Waals surface area contributed by atoms with E-state index in [-0.39, 0.29) is 23.2 Å². The maximum atomic E-state index is 12.8. The van der Waals surface area contributed by atoms with Crippen LogP contribution in [0.25, 0.3) is 11.4 Å². The lowest BCUT2D eigenvalue weighted by molar-refractivity contribution is -0.133. The van der Waals surface area contributed by atoms with Crippen molar-refractivity contribution in [1.29, 1.82) is 0 Å². The number of rotatable bonds is 6. The first-order chi connectivity index (χ1) is 12.1. The zero-order chi connectivity index (χ0) is 19.6. The standard InChI is InChI=1S/C17H23Cl2N5OS/c1-9(2)23(10(3)4)16(25)11(5)26-17-22-21-15(24(17)20)13-7-6-12(18)8-14(13)19/h6-11H,20H2,1-5H3. The molecule has 1 heterocycles. The van der Waals surface area contributed by atoms with Crippen LogP contribution in [0.15, 0.2) is 23.4 Å². The van der Waals surface area contributed by atoms with E-state index < -0.39 is 0 Å². The lowest BCUT2D eigenvalue weighted by Gasteiger charge is -2.32. The fourth-order valence-corrected chi connectivity index (χ4v) is 4.06. The van der Waals surface area contributed by atoms with Crippen LogP contribution in [0.2, 0.25) is 10.0 Å². The molecule has 142 valence electrons. The van der Waals surface area contributed by atoms with Gasteiger partial charge in [-0.1, -0.05) is 35.0 Å². The van der Waals surface area contributed by atoms with Gasteiger partial charge in [-0.3, -0.25) is 4.79 Å². The highest BCUT2D eigenvalue weighted by Gasteiger charge is 2.27. The fourth-order valence-electron chi connectivity index (χ4n) is 2.74. The van der Waals surface area contributed by atoms with Gasteiger partial charge in [-0.05, 0) is 52.8 Å². The van der Waals surface area contributed by atoms with Crippen molar-refractivity contribution in [3.05, 3.63) is 28.2 Å². The molecule has 2 N–H and O–H groups in total. The summed E-state index contributed by atoms with van der Waals surface area (Å²) in [6.45, 7) is 9.85. The summed E-state index contributed by atoms with van der Waals surface area (Å²) in [6, 6.07) is 5.30. The van der Waals surface area contributed by atoms with Gasteiger partial charge in [0.2, 0.25) is 11.1 Å². The van der Waals surface area contributed by atoms with Crippen molar-refractivity contribution < 1.29 is 4.79 Å². The number of aromatic nitrogens is 3. The van der Waals surface area contributed by atoms with Gasteiger partial charge < -0.3 is 10.7 Å². The maximum absolute atomic E-state index is 12.8. The third-order valence-electron chi connectivity index (χ3n) is 3.83. The molecule has 0 aliphatic heterocycles. The van der Waals surface area contributed by atoms with E-state index in [1.807, 2.05) is 39.5 Å². The summed E-state index contributed by atoms with van der Waals surface area (Å²) in [5, 5.41) is 9.29. The highest BCUT2D eigenvalue weighted by molar-refractivity contribution is 8.00. The quantitative estimate of drug-likeness (QED) is 0.567. The average Bonchev–Trinajstić information content (AvgIpc) is 2.87. The molecule has 2 aromatic rings. The number of halogens is 2. The van der Waals surface area contributed by atoms with Gasteiger partial charge in [-0.2, -0.15) is 0 Å². The first kappa shape index (κ1) is 20.9. The molecule has 0 radical (unpaired) electrons. The average molecular weight is 416 g/mol. The Balaban J connectivity index is 2.23. The van der Waals surface area contributed by atoms with Gasteiger partial charge in [0.1, 0.15) is 0 Å². The maximum Gasteiger partial charge on any atom is 0.236 e. The fraction of sp³-hybridized carbons (Fsp3) is 0.471. The minimum atomic E-state index is -0.347. The lowest BCUT2D eigenvalue weighted by atomic mass is 10.2. The van der Waals surface area contributed by atoms with Crippen LogP contribution < -0.4 is 5.84 Å². The van der Waals surface area contributed by atoms with E-state index in [4.69, 9.17) is 29.0 Å². The van der Waals surface area contributed by atoms with Crippen molar-refractivity contribution in [3.8, 4) is 11.4 Å². The minimum absolute atomic E-state index is 0.0362. The van der Waals surface area contributed by atoms with Crippen LogP contribution in [0.3, 0.4) is 0 Å². The summed E-state index contributed by atoms with van der Waals surface area (Å²) in [7, 11) is 0. The predicted molar refractivity (Wildman–Crippen MR) is 108 cm³/mol. The number of carbonyl (C=O) groups is 1. The second-order valence-corrected chi connectivity index (χ2v) is 8.65. The van der Waals surface area contributed by atoms with Crippen molar-refractivity contribution in [1.82, 2.24) is 19.8 Å². The van der Waals surface area contributed by atoms with E-state index in [1.54, 1.807) is 18.2 Å². The molecule has 1 aromatic carbocycles. The van der Waals surface area contributed by atoms with Crippen LogP contribution in [0.1, 0.15) is 34.6 Å². The second-order valence-electron chi connectivity index (χ2n) is 6.49. The van der Waals surface area contributed by atoms with E-state index in [1.165, 1.54) is 16.4 Å². The highest BCUT2D eigenvalue weighted by atomic mass is 35.5. The molecule has 1 aromatic heterocycles. The summed E-state index contributed by atoms with van der Waals surface area (Å²) in [5.41, 5.74) is 0.628. The largest absolute Gasteiger partial charge is 0.337 e. The summed E-state index contributed by atoms with van der Waals surface area (Å²) in [6.07, 6.45) is 0. The summed E-state index contributed by atoms with van der Waals surface area (Å²) < 4.78 is 1.35. The molecular formula is C17H23Cl2N5OS. The molecule has 1 unspecified atom stereocenters. The Labute approximate surface area is 168 Å². The monoisotopic (exact) mass is 415 g/mol. The number of thioether (sulfide) groups is 1. The zero-order valence-electron chi connectivity index (χ0n) is 15.4. The van der Waals surface area contributed by atoms with E-state index in [9.17, 15) is 4.79 Å². The number of nitrogens with two attached hydrogens (primary N) is 1. The van der Waals surface area contributed by atoms with E-state index in [0.29, 0.717) is 26.6 Å². The van der Waals surface area contributed by atoms with Crippen LogP contribution >= 0.6 is 35.0 Å². The number of nitrogens with zero attached hydrogens (tertiary/aromatic N) is 4. The van der Waals surface area contributed by atoms with Gasteiger partial charge in [0.25, 0.3) is 0 Å². The van der Waals surface area contributed by atoms with Gasteiger partial charge >= 0.3 is 0 Å². The third-order valence-corrected chi connectivity index (χ3v) is 5.43. The number of benzene rings is 1. The number of amides is 1. The van der Waals surface area contributed by atoms with Crippen LogP contribution in [0, 0.1) is 0 Å². The van der Waals surface area contributed by atoms with E-state index in [2.05, 4.69) is 10.2 Å². The van der Waals surface area contributed by atoms with Crippen molar-refractivity contribution in [3.63, 3.8) is 0 Å². The molecule has 26 heavy (non-hydrogen) atoms. The van der Waals surface area contributed by atoms with Gasteiger partial charge in [0.15, 0.2) is 5.82 Å². The molecule has 0 saturated carbocycles. The molecule has 2 rings (SSSR count). The molecule has 0 saturated heterocycles. The molecule has 9 heteroatoms. The predicted octanol–water partition coefficient (Wildman–Crippen LogP) is 4.09. The first-order valence-electron chi connectivity index (χ1n) is 8.28. The molecule has 0 spiro atoms. The van der Waals surface area contributed by atoms with Gasteiger partial charge in [-0.25, -0.2) is 4.68 Å². The Morgan fingerprint density at radius 3 is 2.31 bits per heavy atom. The Kier molecular flexibility index (Phi) is 6.82. The molecule has 6 nitrogen and oxygen atoms in total. The number of hydrogen-bond acceptors (Lipinski definition) is 5. The van der Waals surface area contributed by atoms with Gasteiger partial charge in [0, 0.05) is 22.7 Å². The third kappa shape index (κ3) is 4.45. The Bertz CT molecular complexity index is 785. The van der Waals surface area contributed by atoms with Gasteiger partial charge in [0.05, 0.1) is 10.3 Å². The first-order valence-corrected chi connectivity index (χ1v) is 9.91. The summed E-state index contributed by atoms with van der Waals surface area (Å²) >= 11 is 13.4. The normalized spacial score (nSPS) is 12.7. The van der Waals surface area contributed by atoms with Crippen LogP contribution in [0.4, 0.5) is 0 Å². The summed E-state index contributed by atoms with van der Waals surface area (Å²) in [5.74, 6) is 6.59. The van der Waals surface area contributed by atoms with Crippen LogP contribution in [-0.2, 0) is 4.79 Å². The van der Waals surface area contributed by atoms with Crippen molar-refractivity contribution in [2.24, 2.45) is 0 Å². The van der Waals surface area contributed by atoms with Crippen molar-refractivity contribution in [2.45, 2.75) is 57.1 Å². The molecule has 1 amide bonds. The van der Waals surface area contributed by atoms with Gasteiger partial charge in [-0.15, -0.1) is 10.2 Å². The zero-order valence-corrected chi connectivity index (χ0v) is 17.7. The number of carbonyl (C=O) groups excluding carboxylic acids is 1. The SMILES string of the molecule is CC(Sc1nnc(-c2ccc(Cl)cc2Cl)n1N)C(=O)N(C(C)C)C(C)C. The Morgan fingerprint density at radius 1 is 1.15 bits per heavy atom. The topological polar surface area (TPSA) is 77.0 Å². The Hall–Kier alpha value is -1.44. The Morgan fingerprint density at radius 2 is 1.77 bits per heavy atom. The van der Waals surface area contributed by atoms with E-state index >= 15 is 0 Å². The highest BCUT2D eigenvalue weighted by Crippen LogP contribution is 2.31. The molecule has 1 atom stereocenters. The molecule has 0 bridgehead atoms. The molecule has 0 aliphatic rings. The molecule has 0 fully saturated rings.